The molecule has 0 amide bonds. The second kappa shape index (κ2) is 4.58. The molecule has 0 spiro atoms. The normalized spacial score (nSPS) is 15.9. The molecule has 0 bridgehead atoms. The third kappa shape index (κ3) is 3.32. The fourth-order valence-electron chi connectivity index (χ4n) is 1.40. The largest absolute Gasteiger partial charge is 0.328 e. The van der Waals surface area contributed by atoms with Crippen LogP contribution in [0.25, 0.3) is 0 Å². The Hall–Kier alpha value is -0.410. The molecule has 1 aromatic rings. The Labute approximate surface area is 77.8 Å². The van der Waals surface area contributed by atoms with Gasteiger partial charge in [0.2, 0.25) is 0 Å². The van der Waals surface area contributed by atoms with Crippen LogP contribution in [0, 0.1) is 5.92 Å². The van der Waals surface area contributed by atoms with Gasteiger partial charge in [-0.15, -0.1) is 11.3 Å². The molecule has 0 saturated heterocycles. The predicted molar refractivity (Wildman–Crippen MR) is 53.2 cm³/mol. The Morgan fingerprint density at radius 3 is 2.83 bits per heavy atom. The van der Waals surface area contributed by atoms with Gasteiger partial charge in [0.15, 0.2) is 0 Å². The molecule has 1 rings (SSSR count). The summed E-state index contributed by atoms with van der Waals surface area (Å²) in [5, 5.41) is 0. The topological polar surface area (TPSA) is 38.9 Å². The van der Waals surface area contributed by atoms with E-state index in [0.717, 1.165) is 12.8 Å². The molecule has 0 aromatic carbocycles. The summed E-state index contributed by atoms with van der Waals surface area (Å²) in [4.78, 5) is 5.41. The van der Waals surface area contributed by atoms with E-state index in [1.807, 2.05) is 11.7 Å². The average molecular weight is 184 g/mol. The van der Waals surface area contributed by atoms with E-state index < -0.39 is 0 Å². The van der Waals surface area contributed by atoms with Crippen molar-refractivity contribution in [3.8, 4) is 0 Å². The Morgan fingerprint density at radius 1 is 1.58 bits per heavy atom. The van der Waals surface area contributed by atoms with Crippen LogP contribution in [0.15, 0.2) is 11.7 Å². The van der Waals surface area contributed by atoms with E-state index in [4.69, 9.17) is 5.73 Å². The molecule has 0 fully saturated rings. The molecule has 2 N–H and O–H groups in total. The summed E-state index contributed by atoms with van der Waals surface area (Å²) in [5.41, 5.74) is 7.59. The van der Waals surface area contributed by atoms with Crippen LogP contribution < -0.4 is 5.73 Å². The minimum Gasteiger partial charge on any atom is -0.328 e. The van der Waals surface area contributed by atoms with E-state index >= 15 is 0 Å². The van der Waals surface area contributed by atoms with Crippen LogP contribution in [-0.4, -0.2) is 11.0 Å². The van der Waals surface area contributed by atoms with E-state index in [2.05, 4.69) is 18.8 Å². The zero-order valence-electron chi connectivity index (χ0n) is 7.66. The summed E-state index contributed by atoms with van der Waals surface area (Å²) in [6.07, 6.45) is 4.16. The van der Waals surface area contributed by atoms with Gasteiger partial charge in [-0.25, -0.2) is 0 Å². The van der Waals surface area contributed by atoms with Crippen LogP contribution in [0.2, 0.25) is 0 Å². The van der Waals surface area contributed by atoms with Crippen molar-refractivity contribution in [3.05, 3.63) is 16.6 Å². The molecular weight excluding hydrogens is 168 g/mol. The number of hydrogen-bond acceptors (Lipinski definition) is 3. The highest BCUT2D eigenvalue weighted by Gasteiger charge is 2.06. The number of thiazole rings is 1. The van der Waals surface area contributed by atoms with Crippen molar-refractivity contribution in [2.45, 2.75) is 32.7 Å². The van der Waals surface area contributed by atoms with Crippen LogP contribution in [0.5, 0.6) is 0 Å². The Balaban J connectivity index is 2.32. The van der Waals surface area contributed by atoms with Crippen molar-refractivity contribution in [1.29, 1.82) is 0 Å². The van der Waals surface area contributed by atoms with E-state index in [9.17, 15) is 0 Å². The van der Waals surface area contributed by atoms with Gasteiger partial charge in [0.25, 0.3) is 0 Å². The molecule has 3 heteroatoms. The monoisotopic (exact) mass is 184 g/mol. The van der Waals surface area contributed by atoms with Crippen LogP contribution in [0.3, 0.4) is 0 Å². The molecule has 1 heterocycles. The second-order valence-electron chi connectivity index (χ2n) is 3.49. The van der Waals surface area contributed by atoms with Crippen molar-refractivity contribution in [2.24, 2.45) is 11.7 Å². The smallest absolute Gasteiger partial charge is 0.0794 e. The van der Waals surface area contributed by atoms with Gasteiger partial charge in [-0.3, -0.25) is 4.98 Å². The lowest BCUT2D eigenvalue weighted by molar-refractivity contribution is 0.482. The molecule has 0 aliphatic carbocycles. The molecule has 2 atom stereocenters. The fraction of sp³-hybridized carbons (Fsp3) is 0.667. The van der Waals surface area contributed by atoms with Gasteiger partial charge in [-0.05, 0) is 25.7 Å². The molecule has 2 unspecified atom stereocenters. The minimum atomic E-state index is 0.313. The highest BCUT2D eigenvalue weighted by molar-refractivity contribution is 7.09. The number of nitrogens with zero attached hydrogens (tertiary/aromatic N) is 1. The van der Waals surface area contributed by atoms with Crippen molar-refractivity contribution in [1.82, 2.24) is 4.98 Å². The predicted octanol–water partition coefficient (Wildman–Crippen LogP) is 2.06. The van der Waals surface area contributed by atoms with E-state index in [0.29, 0.717) is 12.0 Å². The molecule has 0 aliphatic heterocycles. The maximum Gasteiger partial charge on any atom is 0.0794 e. The van der Waals surface area contributed by atoms with Gasteiger partial charge in [-0.2, -0.15) is 0 Å². The maximum atomic E-state index is 5.71. The molecule has 68 valence electrons. The quantitative estimate of drug-likeness (QED) is 0.778. The van der Waals surface area contributed by atoms with Gasteiger partial charge in [-0.1, -0.05) is 6.92 Å². The molecule has 0 radical (unpaired) electrons. The first-order valence-electron chi connectivity index (χ1n) is 4.31. The average Bonchev–Trinajstić information content (AvgIpc) is 2.37. The molecule has 0 aliphatic rings. The van der Waals surface area contributed by atoms with Crippen molar-refractivity contribution >= 4 is 11.3 Å². The van der Waals surface area contributed by atoms with E-state index in [-0.39, 0.29) is 0 Å². The summed E-state index contributed by atoms with van der Waals surface area (Å²) in [7, 11) is 0. The van der Waals surface area contributed by atoms with Crippen LogP contribution in [0.1, 0.15) is 25.1 Å². The lowest BCUT2D eigenvalue weighted by atomic mass is 9.99. The number of nitrogens with two attached hydrogens (primary N) is 1. The van der Waals surface area contributed by atoms with Gasteiger partial charge in [0, 0.05) is 17.1 Å². The summed E-state index contributed by atoms with van der Waals surface area (Å²) < 4.78 is 0. The summed E-state index contributed by atoms with van der Waals surface area (Å²) in [5.74, 6) is 0.672. The standard InChI is InChI=1S/C9H16N2S/c1-7(3-8(2)10)4-9-5-11-6-12-9/h5-8H,3-4,10H2,1-2H3. The van der Waals surface area contributed by atoms with Crippen LogP contribution in [0.4, 0.5) is 0 Å². The first kappa shape index (κ1) is 9.68. The van der Waals surface area contributed by atoms with Crippen molar-refractivity contribution in [3.63, 3.8) is 0 Å². The fourth-order valence-corrected chi connectivity index (χ4v) is 2.16. The Kier molecular flexibility index (Phi) is 3.69. The third-order valence-electron chi connectivity index (χ3n) is 1.81. The van der Waals surface area contributed by atoms with Gasteiger partial charge in [0.05, 0.1) is 5.51 Å². The molecule has 1 aromatic heterocycles. The molecule has 12 heavy (non-hydrogen) atoms. The van der Waals surface area contributed by atoms with E-state index in [1.165, 1.54) is 4.88 Å². The zero-order chi connectivity index (χ0) is 8.97. The first-order valence-corrected chi connectivity index (χ1v) is 5.19. The Bertz CT molecular complexity index is 206. The van der Waals surface area contributed by atoms with Crippen molar-refractivity contribution in [2.75, 3.05) is 0 Å². The summed E-state index contributed by atoms with van der Waals surface area (Å²) in [6, 6.07) is 0.313. The Morgan fingerprint density at radius 2 is 2.33 bits per heavy atom. The number of aromatic nitrogens is 1. The highest BCUT2D eigenvalue weighted by atomic mass is 32.1. The second-order valence-corrected chi connectivity index (χ2v) is 4.46. The highest BCUT2D eigenvalue weighted by Crippen LogP contribution is 2.15. The van der Waals surface area contributed by atoms with Crippen molar-refractivity contribution < 1.29 is 0 Å². The lowest BCUT2D eigenvalue weighted by Crippen LogP contribution is -2.19. The first-order chi connectivity index (χ1) is 5.68. The summed E-state index contributed by atoms with van der Waals surface area (Å²) >= 11 is 1.73. The summed E-state index contributed by atoms with van der Waals surface area (Å²) in [6.45, 7) is 4.30. The van der Waals surface area contributed by atoms with E-state index in [1.54, 1.807) is 11.3 Å². The zero-order valence-corrected chi connectivity index (χ0v) is 8.47. The minimum absolute atomic E-state index is 0.313. The SMILES string of the molecule is CC(N)CC(C)Cc1cncs1. The molecular formula is C9H16N2S. The van der Waals surface area contributed by atoms with Crippen LogP contribution in [-0.2, 0) is 6.42 Å². The lowest BCUT2D eigenvalue weighted by Gasteiger charge is -2.11. The van der Waals surface area contributed by atoms with Gasteiger partial charge < -0.3 is 5.73 Å². The molecule has 0 saturated carbocycles. The number of hydrogen-bond donors (Lipinski definition) is 1. The molecule has 2 nitrogen and oxygen atoms in total. The van der Waals surface area contributed by atoms with Crippen LogP contribution >= 0.6 is 11.3 Å². The number of rotatable bonds is 4. The maximum absolute atomic E-state index is 5.71. The van der Waals surface area contributed by atoms with Gasteiger partial charge in [0.1, 0.15) is 0 Å². The third-order valence-corrected chi connectivity index (χ3v) is 2.61. The van der Waals surface area contributed by atoms with Gasteiger partial charge >= 0.3 is 0 Å².